The van der Waals surface area contributed by atoms with Crippen LogP contribution in [0.4, 0.5) is 0 Å². The molecule has 1 fully saturated rings. The van der Waals surface area contributed by atoms with Gasteiger partial charge >= 0.3 is 0 Å². The Morgan fingerprint density at radius 2 is 1.86 bits per heavy atom. The second-order valence-corrected chi connectivity index (χ2v) is 7.60. The van der Waals surface area contributed by atoms with Crippen LogP contribution < -0.4 is 9.46 Å². The number of halogens is 2. The molecule has 0 radical (unpaired) electrons. The third kappa shape index (κ3) is 4.25. The zero-order valence-corrected chi connectivity index (χ0v) is 14.2. The number of hydrogen-bond donors (Lipinski definition) is 1. The van der Waals surface area contributed by atoms with Gasteiger partial charge in [0.25, 0.3) is 0 Å². The molecule has 0 spiro atoms. The van der Waals surface area contributed by atoms with Gasteiger partial charge < -0.3 is 4.74 Å². The molecule has 0 saturated heterocycles. The van der Waals surface area contributed by atoms with Crippen LogP contribution in [0.3, 0.4) is 0 Å². The van der Waals surface area contributed by atoms with Crippen molar-refractivity contribution in [1.82, 2.24) is 4.72 Å². The normalized spacial score (nSPS) is 16.9. The van der Waals surface area contributed by atoms with Crippen molar-refractivity contribution in [2.75, 3.05) is 6.61 Å². The fourth-order valence-electron chi connectivity index (χ4n) is 2.49. The van der Waals surface area contributed by atoms with E-state index in [0.29, 0.717) is 12.4 Å². The Balaban J connectivity index is 2.24. The predicted molar refractivity (Wildman–Crippen MR) is 84.8 cm³/mol. The SMILES string of the molecule is CCOc1cc(Cl)c(S(=O)(=O)NC2CCCCC2)cc1Cl. The third-order valence-corrected chi connectivity index (χ3v) is 5.78. The highest BCUT2D eigenvalue weighted by atomic mass is 35.5. The molecule has 1 aliphatic rings. The van der Waals surface area contributed by atoms with Gasteiger partial charge in [-0.15, -0.1) is 0 Å². The molecule has 21 heavy (non-hydrogen) atoms. The van der Waals surface area contributed by atoms with E-state index in [-0.39, 0.29) is 21.0 Å². The largest absolute Gasteiger partial charge is 0.492 e. The zero-order chi connectivity index (χ0) is 15.5. The number of benzene rings is 1. The Kier molecular flexibility index (Phi) is 5.77. The van der Waals surface area contributed by atoms with Crippen LogP contribution in [0.1, 0.15) is 39.0 Å². The van der Waals surface area contributed by atoms with Gasteiger partial charge in [-0.2, -0.15) is 0 Å². The van der Waals surface area contributed by atoms with E-state index < -0.39 is 10.0 Å². The quantitative estimate of drug-likeness (QED) is 0.871. The van der Waals surface area contributed by atoms with Gasteiger partial charge in [-0.1, -0.05) is 42.5 Å². The maximum Gasteiger partial charge on any atom is 0.242 e. The van der Waals surface area contributed by atoms with Crippen molar-refractivity contribution in [1.29, 1.82) is 0 Å². The molecule has 1 aliphatic carbocycles. The molecule has 2 rings (SSSR count). The molecular formula is C14H19Cl2NO3S. The smallest absolute Gasteiger partial charge is 0.242 e. The van der Waals surface area contributed by atoms with Crippen molar-refractivity contribution < 1.29 is 13.2 Å². The van der Waals surface area contributed by atoms with Gasteiger partial charge in [0, 0.05) is 12.1 Å². The molecule has 1 saturated carbocycles. The van der Waals surface area contributed by atoms with Crippen LogP contribution in [-0.2, 0) is 10.0 Å². The molecule has 0 amide bonds. The molecule has 0 bridgehead atoms. The lowest BCUT2D eigenvalue weighted by atomic mass is 9.96. The zero-order valence-electron chi connectivity index (χ0n) is 11.9. The summed E-state index contributed by atoms with van der Waals surface area (Å²) in [7, 11) is -3.67. The van der Waals surface area contributed by atoms with E-state index in [2.05, 4.69) is 4.72 Å². The van der Waals surface area contributed by atoms with E-state index in [9.17, 15) is 8.42 Å². The molecule has 0 atom stereocenters. The van der Waals surface area contributed by atoms with Crippen molar-refractivity contribution in [2.24, 2.45) is 0 Å². The molecule has 118 valence electrons. The van der Waals surface area contributed by atoms with Crippen molar-refractivity contribution in [3.63, 3.8) is 0 Å². The van der Waals surface area contributed by atoms with E-state index in [4.69, 9.17) is 27.9 Å². The predicted octanol–water partition coefficient (Wildman–Crippen LogP) is 4.00. The Morgan fingerprint density at radius 3 is 2.48 bits per heavy atom. The standard InChI is InChI=1S/C14H19Cl2NO3S/c1-2-20-13-8-12(16)14(9-11(13)15)21(18,19)17-10-6-4-3-5-7-10/h8-10,17H,2-7H2,1H3. The van der Waals surface area contributed by atoms with Gasteiger partial charge in [-0.3, -0.25) is 0 Å². The maximum absolute atomic E-state index is 12.4. The van der Waals surface area contributed by atoms with E-state index in [1.807, 2.05) is 6.92 Å². The van der Waals surface area contributed by atoms with Crippen molar-refractivity contribution in [3.05, 3.63) is 22.2 Å². The van der Waals surface area contributed by atoms with Crippen LogP contribution in [-0.4, -0.2) is 21.1 Å². The Labute approximate surface area is 135 Å². The Hall–Kier alpha value is -0.490. The van der Waals surface area contributed by atoms with Crippen LogP contribution >= 0.6 is 23.2 Å². The summed E-state index contributed by atoms with van der Waals surface area (Å²) in [6.07, 6.45) is 4.98. The first kappa shape index (κ1) is 16.9. The monoisotopic (exact) mass is 351 g/mol. The molecule has 7 heteroatoms. The minimum Gasteiger partial charge on any atom is -0.492 e. The number of rotatable bonds is 5. The minimum absolute atomic E-state index is 0.00296. The van der Waals surface area contributed by atoms with E-state index >= 15 is 0 Å². The van der Waals surface area contributed by atoms with Gasteiger partial charge in [0.2, 0.25) is 10.0 Å². The number of hydrogen-bond acceptors (Lipinski definition) is 3. The summed E-state index contributed by atoms with van der Waals surface area (Å²) in [5.41, 5.74) is 0. The highest BCUT2D eigenvalue weighted by molar-refractivity contribution is 7.89. The molecule has 0 unspecified atom stereocenters. The van der Waals surface area contributed by atoms with Gasteiger partial charge in [-0.25, -0.2) is 13.1 Å². The maximum atomic E-state index is 12.4. The summed E-state index contributed by atoms with van der Waals surface area (Å²) in [6, 6.07) is 2.77. The van der Waals surface area contributed by atoms with Crippen molar-refractivity contribution >= 4 is 33.2 Å². The molecule has 1 aromatic carbocycles. The average Bonchev–Trinajstić information content (AvgIpc) is 2.43. The lowest BCUT2D eigenvalue weighted by Gasteiger charge is -2.23. The summed E-state index contributed by atoms with van der Waals surface area (Å²) in [5, 5.41) is 0.358. The molecule has 0 aromatic heterocycles. The topological polar surface area (TPSA) is 55.4 Å². The fourth-order valence-corrected chi connectivity index (χ4v) is 4.62. The number of sulfonamides is 1. The summed E-state index contributed by atoms with van der Waals surface area (Å²) >= 11 is 12.1. The lowest BCUT2D eigenvalue weighted by Crippen LogP contribution is -2.36. The highest BCUT2D eigenvalue weighted by Crippen LogP contribution is 2.34. The van der Waals surface area contributed by atoms with Crippen LogP contribution in [0.25, 0.3) is 0 Å². The third-order valence-electron chi connectivity index (χ3n) is 3.50. The Bertz CT molecular complexity index is 598. The van der Waals surface area contributed by atoms with E-state index in [0.717, 1.165) is 32.1 Å². The Morgan fingerprint density at radius 1 is 1.19 bits per heavy atom. The fraction of sp³-hybridized carbons (Fsp3) is 0.571. The average molecular weight is 352 g/mol. The number of ether oxygens (including phenoxy) is 1. The second kappa shape index (κ2) is 7.18. The van der Waals surface area contributed by atoms with Gasteiger partial charge in [0.15, 0.2) is 0 Å². The van der Waals surface area contributed by atoms with Crippen LogP contribution in [0.5, 0.6) is 5.75 Å². The first-order valence-electron chi connectivity index (χ1n) is 7.08. The molecule has 1 aromatic rings. The van der Waals surface area contributed by atoms with Crippen molar-refractivity contribution in [3.8, 4) is 5.75 Å². The summed E-state index contributed by atoms with van der Waals surface area (Å²) < 4.78 is 32.9. The molecular weight excluding hydrogens is 333 g/mol. The molecule has 0 heterocycles. The number of nitrogens with one attached hydrogen (secondary N) is 1. The van der Waals surface area contributed by atoms with Gasteiger partial charge in [0.05, 0.1) is 16.7 Å². The van der Waals surface area contributed by atoms with Crippen LogP contribution in [0.15, 0.2) is 17.0 Å². The van der Waals surface area contributed by atoms with Crippen LogP contribution in [0, 0.1) is 0 Å². The molecule has 1 N–H and O–H groups in total. The molecule has 0 aliphatic heterocycles. The highest BCUT2D eigenvalue weighted by Gasteiger charge is 2.25. The van der Waals surface area contributed by atoms with Crippen molar-refractivity contribution in [2.45, 2.75) is 50.0 Å². The van der Waals surface area contributed by atoms with E-state index in [1.54, 1.807) is 0 Å². The summed E-state index contributed by atoms with van der Waals surface area (Å²) in [4.78, 5) is 0.00296. The van der Waals surface area contributed by atoms with E-state index in [1.165, 1.54) is 12.1 Å². The van der Waals surface area contributed by atoms with Crippen LogP contribution in [0.2, 0.25) is 10.0 Å². The first-order valence-corrected chi connectivity index (χ1v) is 9.32. The van der Waals surface area contributed by atoms with Gasteiger partial charge in [-0.05, 0) is 25.8 Å². The molecule has 4 nitrogen and oxygen atoms in total. The second-order valence-electron chi connectivity index (χ2n) is 5.10. The van der Waals surface area contributed by atoms with Gasteiger partial charge in [0.1, 0.15) is 10.6 Å². The summed E-state index contributed by atoms with van der Waals surface area (Å²) in [6.45, 7) is 2.25. The minimum atomic E-state index is -3.67. The summed E-state index contributed by atoms with van der Waals surface area (Å²) in [5.74, 6) is 0.390. The first-order chi connectivity index (χ1) is 9.94. The lowest BCUT2D eigenvalue weighted by molar-refractivity contribution is 0.340.